The number of carbonyl (C=O) groups excluding carboxylic acids is 1. The lowest BCUT2D eigenvalue weighted by atomic mass is 10.1. The van der Waals surface area contributed by atoms with Crippen LogP contribution < -0.4 is 10.1 Å². The molecule has 5 nitrogen and oxygen atoms in total. The Labute approximate surface area is 139 Å². The van der Waals surface area contributed by atoms with Crippen LogP contribution in [0.3, 0.4) is 0 Å². The number of rotatable bonds is 6. The molecule has 1 aromatic carbocycles. The van der Waals surface area contributed by atoms with Gasteiger partial charge < -0.3 is 19.5 Å². The maximum absolute atomic E-state index is 11.5. The first-order chi connectivity index (χ1) is 9.81. The van der Waals surface area contributed by atoms with Gasteiger partial charge in [-0.2, -0.15) is 0 Å². The molecule has 0 aliphatic heterocycles. The molecular weight excluding hydrogens is 385 g/mol. The summed E-state index contributed by atoms with van der Waals surface area (Å²) in [6.07, 6.45) is 0.344. The van der Waals surface area contributed by atoms with E-state index in [9.17, 15) is 4.79 Å². The van der Waals surface area contributed by atoms with E-state index in [0.717, 1.165) is 21.3 Å². The molecule has 21 heavy (non-hydrogen) atoms. The molecular formula is C15H22INO4. The zero-order chi connectivity index (χ0) is 15.9. The molecule has 118 valence electrons. The van der Waals surface area contributed by atoms with Crippen LogP contribution in [0, 0.1) is 3.57 Å². The quantitative estimate of drug-likeness (QED) is 0.581. The molecule has 1 N–H and O–H groups in total. The highest BCUT2D eigenvalue weighted by Crippen LogP contribution is 2.22. The third kappa shape index (κ3) is 7.52. The van der Waals surface area contributed by atoms with E-state index in [1.807, 2.05) is 39.0 Å². The van der Waals surface area contributed by atoms with Gasteiger partial charge in [0.05, 0.1) is 3.57 Å². The second-order valence-corrected chi connectivity index (χ2v) is 6.66. The minimum atomic E-state index is -0.472. The summed E-state index contributed by atoms with van der Waals surface area (Å²) in [5, 5.41) is 2.74. The third-order valence-electron chi connectivity index (χ3n) is 2.41. The van der Waals surface area contributed by atoms with Crippen molar-refractivity contribution in [2.45, 2.75) is 32.8 Å². The van der Waals surface area contributed by atoms with Gasteiger partial charge in [0.15, 0.2) is 6.79 Å². The topological polar surface area (TPSA) is 56.8 Å². The van der Waals surface area contributed by atoms with Gasteiger partial charge in [0.25, 0.3) is 0 Å². The number of alkyl carbamates (subject to hydrolysis) is 1. The maximum Gasteiger partial charge on any atom is 0.407 e. The lowest BCUT2D eigenvalue weighted by Crippen LogP contribution is -2.33. The fraction of sp³-hybridized carbons (Fsp3) is 0.533. The van der Waals surface area contributed by atoms with Gasteiger partial charge in [0.1, 0.15) is 11.4 Å². The minimum absolute atomic E-state index is 0.232. The second kappa shape index (κ2) is 8.43. The van der Waals surface area contributed by atoms with Crippen LogP contribution in [0.2, 0.25) is 0 Å². The zero-order valence-corrected chi connectivity index (χ0v) is 15.0. The van der Waals surface area contributed by atoms with E-state index in [0.29, 0.717) is 6.54 Å². The van der Waals surface area contributed by atoms with Crippen LogP contribution >= 0.6 is 22.6 Å². The normalized spacial score (nSPS) is 11.1. The average molecular weight is 407 g/mol. The molecule has 0 fully saturated rings. The van der Waals surface area contributed by atoms with Gasteiger partial charge in [-0.05, 0) is 67.5 Å². The number of hydrogen-bond donors (Lipinski definition) is 1. The molecule has 0 aromatic heterocycles. The predicted molar refractivity (Wildman–Crippen MR) is 89.6 cm³/mol. The highest BCUT2D eigenvalue weighted by Gasteiger charge is 2.15. The minimum Gasteiger partial charge on any atom is -0.466 e. The Morgan fingerprint density at radius 3 is 2.62 bits per heavy atom. The number of amides is 1. The van der Waals surface area contributed by atoms with Gasteiger partial charge in [-0.3, -0.25) is 0 Å². The summed E-state index contributed by atoms with van der Waals surface area (Å²) >= 11 is 2.22. The highest BCUT2D eigenvalue weighted by atomic mass is 127. The summed E-state index contributed by atoms with van der Waals surface area (Å²) in [5.74, 6) is 0.793. The number of ether oxygens (including phenoxy) is 3. The van der Waals surface area contributed by atoms with Crippen LogP contribution in [0.15, 0.2) is 18.2 Å². The molecule has 0 spiro atoms. The van der Waals surface area contributed by atoms with Crippen LogP contribution in [-0.2, 0) is 15.9 Å². The van der Waals surface area contributed by atoms with E-state index in [1.54, 1.807) is 7.11 Å². The fourth-order valence-electron chi connectivity index (χ4n) is 1.56. The predicted octanol–water partition coefficient (Wildman–Crippen LogP) is 3.34. The van der Waals surface area contributed by atoms with Gasteiger partial charge in [-0.1, -0.05) is 6.07 Å². The Bertz CT molecular complexity index is 471. The zero-order valence-electron chi connectivity index (χ0n) is 12.9. The van der Waals surface area contributed by atoms with E-state index in [1.165, 1.54) is 0 Å². The molecule has 0 radical (unpaired) electrons. The summed E-state index contributed by atoms with van der Waals surface area (Å²) in [7, 11) is 1.59. The Balaban J connectivity index is 2.42. The number of hydrogen-bond acceptors (Lipinski definition) is 4. The number of benzene rings is 1. The van der Waals surface area contributed by atoms with Crippen molar-refractivity contribution in [1.82, 2.24) is 5.32 Å². The highest BCUT2D eigenvalue weighted by molar-refractivity contribution is 14.1. The Hall–Kier alpha value is -1.02. The molecule has 6 heteroatoms. The largest absolute Gasteiger partial charge is 0.466 e. The number of nitrogens with one attached hydrogen (secondary N) is 1. The number of methoxy groups -OCH3 is 1. The molecule has 0 unspecified atom stereocenters. The second-order valence-electron chi connectivity index (χ2n) is 5.49. The molecule has 0 aliphatic carbocycles. The van der Waals surface area contributed by atoms with E-state index < -0.39 is 11.7 Å². The van der Waals surface area contributed by atoms with E-state index in [4.69, 9.17) is 14.2 Å². The third-order valence-corrected chi connectivity index (χ3v) is 3.25. The average Bonchev–Trinajstić information content (AvgIpc) is 2.35. The van der Waals surface area contributed by atoms with Crippen LogP contribution in [0.25, 0.3) is 0 Å². The fourth-order valence-corrected chi connectivity index (χ4v) is 2.30. The standard InChI is InChI=1S/C15H22INO4/c1-15(2,3)21-14(18)17-8-7-11-5-6-13(12(16)9-11)20-10-19-4/h5-6,9H,7-8,10H2,1-4H3,(H,17,18). The van der Waals surface area contributed by atoms with Crippen LogP contribution in [0.5, 0.6) is 5.75 Å². The first-order valence-corrected chi connectivity index (χ1v) is 7.76. The van der Waals surface area contributed by atoms with E-state index in [-0.39, 0.29) is 6.79 Å². The first kappa shape index (κ1) is 18.0. The molecule has 0 bridgehead atoms. The molecule has 0 saturated heterocycles. The summed E-state index contributed by atoms with van der Waals surface area (Å²) in [6, 6.07) is 5.91. The molecule has 1 amide bonds. The molecule has 0 saturated carbocycles. The summed E-state index contributed by atoms with van der Waals surface area (Å²) < 4.78 is 16.5. The maximum atomic E-state index is 11.5. The van der Waals surface area contributed by atoms with Crippen LogP contribution in [-0.4, -0.2) is 32.1 Å². The van der Waals surface area contributed by atoms with Crippen molar-refractivity contribution in [2.24, 2.45) is 0 Å². The molecule has 1 rings (SSSR count). The summed E-state index contributed by atoms with van der Waals surface area (Å²) in [6.45, 7) is 6.29. The monoisotopic (exact) mass is 407 g/mol. The van der Waals surface area contributed by atoms with Crippen molar-refractivity contribution in [1.29, 1.82) is 0 Å². The van der Waals surface area contributed by atoms with Crippen molar-refractivity contribution < 1.29 is 19.0 Å². The van der Waals surface area contributed by atoms with Gasteiger partial charge in [-0.25, -0.2) is 4.79 Å². The lowest BCUT2D eigenvalue weighted by Gasteiger charge is -2.19. The van der Waals surface area contributed by atoms with E-state index >= 15 is 0 Å². The van der Waals surface area contributed by atoms with Crippen LogP contribution in [0.1, 0.15) is 26.3 Å². The summed E-state index contributed by atoms with van der Waals surface area (Å²) in [4.78, 5) is 11.5. The number of halogens is 1. The van der Waals surface area contributed by atoms with Gasteiger partial charge in [0, 0.05) is 13.7 Å². The molecule has 0 heterocycles. The first-order valence-electron chi connectivity index (χ1n) is 6.69. The van der Waals surface area contributed by atoms with Gasteiger partial charge in [-0.15, -0.1) is 0 Å². The van der Waals surface area contributed by atoms with E-state index in [2.05, 4.69) is 27.9 Å². The Morgan fingerprint density at radius 1 is 1.33 bits per heavy atom. The molecule has 0 aliphatic rings. The number of carbonyl (C=O) groups is 1. The Morgan fingerprint density at radius 2 is 2.05 bits per heavy atom. The SMILES string of the molecule is COCOc1ccc(CCNC(=O)OC(C)(C)C)cc1I. The van der Waals surface area contributed by atoms with Crippen LogP contribution in [0.4, 0.5) is 4.79 Å². The van der Waals surface area contributed by atoms with Gasteiger partial charge in [0.2, 0.25) is 0 Å². The van der Waals surface area contributed by atoms with Crippen molar-refractivity contribution >= 4 is 28.7 Å². The summed E-state index contributed by atoms with van der Waals surface area (Å²) in [5.41, 5.74) is 0.653. The van der Waals surface area contributed by atoms with Crippen molar-refractivity contribution in [2.75, 3.05) is 20.4 Å². The van der Waals surface area contributed by atoms with Gasteiger partial charge >= 0.3 is 6.09 Å². The Kier molecular flexibility index (Phi) is 7.24. The lowest BCUT2D eigenvalue weighted by molar-refractivity contribution is 0.0503. The molecule has 0 atom stereocenters. The van der Waals surface area contributed by atoms with Crippen molar-refractivity contribution in [3.05, 3.63) is 27.3 Å². The smallest absolute Gasteiger partial charge is 0.407 e. The molecule has 1 aromatic rings. The van der Waals surface area contributed by atoms with Crippen molar-refractivity contribution in [3.8, 4) is 5.75 Å². The van der Waals surface area contributed by atoms with Crippen molar-refractivity contribution in [3.63, 3.8) is 0 Å².